The lowest BCUT2D eigenvalue weighted by Crippen LogP contribution is -2.55. The van der Waals surface area contributed by atoms with E-state index < -0.39 is 0 Å². The molecule has 1 aliphatic carbocycles. The summed E-state index contributed by atoms with van der Waals surface area (Å²) in [5.74, 6) is 0.764. The van der Waals surface area contributed by atoms with E-state index in [-0.39, 0.29) is 11.5 Å². The molecule has 0 spiro atoms. The van der Waals surface area contributed by atoms with E-state index in [1.54, 1.807) is 0 Å². The van der Waals surface area contributed by atoms with Gasteiger partial charge in [0.2, 0.25) is 0 Å². The van der Waals surface area contributed by atoms with Gasteiger partial charge in [-0.2, -0.15) is 0 Å². The first-order valence-corrected chi connectivity index (χ1v) is 6.45. The van der Waals surface area contributed by atoms with Gasteiger partial charge in [0.1, 0.15) is 5.78 Å². The summed E-state index contributed by atoms with van der Waals surface area (Å²) < 4.78 is 5.50. The number of carbonyl (C=O) groups excluding carboxylic acids is 1. The zero-order chi connectivity index (χ0) is 11.6. The van der Waals surface area contributed by atoms with Crippen molar-refractivity contribution in [2.45, 2.75) is 45.1 Å². The number of ether oxygens (including phenoxy) is 1. The average Bonchev–Trinajstić information content (AvgIpc) is 2.24. The van der Waals surface area contributed by atoms with Gasteiger partial charge in [-0.15, -0.1) is 0 Å². The first-order chi connectivity index (χ1) is 7.59. The first-order valence-electron chi connectivity index (χ1n) is 6.45. The molecule has 0 aromatic heterocycles. The Hall–Kier alpha value is -0.410. The molecule has 0 amide bonds. The fourth-order valence-corrected chi connectivity index (χ4v) is 2.74. The van der Waals surface area contributed by atoms with Gasteiger partial charge in [-0.25, -0.2) is 0 Å². The molecular formula is C13H23NO2. The Bertz CT molecular complexity index is 263. The second-order valence-electron chi connectivity index (χ2n) is 5.72. The molecule has 92 valence electrons. The molecule has 1 saturated heterocycles. The third-order valence-electron chi connectivity index (χ3n) is 3.94. The van der Waals surface area contributed by atoms with Crippen molar-refractivity contribution in [3.63, 3.8) is 0 Å². The lowest BCUT2D eigenvalue weighted by atomic mass is 9.86. The summed E-state index contributed by atoms with van der Waals surface area (Å²) in [6.07, 6.45) is 4.21. The molecule has 1 unspecified atom stereocenters. The second kappa shape index (κ2) is 4.84. The molecule has 1 heterocycles. The number of Topliss-reactive ketones (excluding diaryl/α,β-unsaturated/α-hetero) is 1. The molecule has 3 heteroatoms. The highest BCUT2D eigenvalue weighted by Gasteiger charge is 2.34. The minimum atomic E-state index is 0.0932. The zero-order valence-electron chi connectivity index (χ0n) is 10.5. The second-order valence-corrected chi connectivity index (χ2v) is 5.72. The van der Waals surface area contributed by atoms with Crippen molar-refractivity contribution in [1.29, 1.82) is 0 Å². The van der Waals surface area contributed by atoms with Crippen LogP contribution >= 0.6 is 0 Å². The van der Waals surface area contributed by atoms with Gasteiger partial charge in [0.25, 0.3) is 0 Å². The standard InChI is InChI=1S/C13H23NO2/c1-13(2)10-16-8-7-14(13)9-11-5-3-4-6-12(11)15/h11H,3-10H2,1-2H3. The van der Waals surface area contributed by atoms with Crippen LogP contribution in [-0.2, 0) is 9.53 Å². The van der Waals surface area contributed by atoms with E-state index in [0.29, 0.717) is 5.78 Å². The molecule has 2 aliphatic rings. The first kappa shape index (κ1) is 12.1. The van der Waals surface area contributed by atoms with Crippen molar-refractivity contribution in [3.05, 3.63) is 0 Å². The lowest BCUT2D eigenvalue weighted by Gasteiger charge is -2.43. The van der Waals surface area contributed by atoms with E-state index in [2.05, 4.69) is 18.7 Å². The quantitative estimate of drug-likeness (QED) is 0.718. The molecule has 1 saturated carbocycles. The van der Waals surface area contributed by atoms with Crippen molar-refractivity contribution < 1.29 is 9.53 Å². The molecule has 0 radical (unpaired) electrons. The predicted octanol–water partition coefficient (Wildman–Crippen LogP) is 1.86. The summed E-state index contributed by atoms with van der Waals surface area (Å²) in [5, 5.41) is 0. The van der Waals surface area contributed by atoms with Gasteiger partial charge in [-0.05, 0) is 26.7 Å². The normalized spacial score (nSPS) is 31.6. The van der Waals surface area contributed by atoms with Gasteiger partial charge in [0, 0.05) is 31.0 Å². The Morgan fingerprint density at radius 3 is 2.94 bits per heavy atom. The molecule has 0 aromatic rings. The fourth-order valence-electron chi connectivity index (χ4n) is 2.74. The Morgan fingerprint density at radius 1 is 1.44 bits per heavy atom. The molecule has 0 N–H and O–H groups in total. The summed E-state index contributed by atoms with van der Waals surface area (Å²) in [7, 11) is 0. The number of rotatable bonds is 2. The summed E-state index contributed by atoms with van der Waals surface area (Å²) in [6.45, 7) is 7.92. The van der Waals surface area contributed by atoms with Gasteiger partial charge in [-0.1, -0.05) is 6.42 Å². The van der Waals surface area contributed by atoms with Crippen molar-refractivity contribution in [3.8, 4) is 0 Å². The number of ketones is 1. The topological polar surface area (TPSA) is 29.5 Å². The number of hydrogen-bond donors (Lipinski definition) is 0. The maximum atomic E-state index is 11.8. The molecule has 1 atom stereocenters. The number of hydrogen-bond acceptors (Lipinski definition) is 3. The highest BCUT2D eigenvalue weighted by Crippen LogP contribution is 2.26. The van der Waals surface area contributed by atoms with Crippen LogP contribution in [0.4, 0.5) is 0 Å². The van der Waals surface area contributed by atoms with Crippen LogP contribution < -0.4 is 0 Å². The summed E-state index contributed by atoms with van der Waals surface area (Å²) in [6, 6.07) is 0. The van der Waals surface area contributed by atoms with Crippen LogP contribution in [0.1, 0.15) is 39.5 Å². The Kier molecular flexibility index (Phi) is 3.65. The van der Waals surface area contributed by atoms with Crippen LogP contribution in [0.3, 0.4) is 0 Å². The van der Waals surface area contributed by atoms with Crippen molar-refractivity contribution in [2.24, 2.45) is 5.92 Å². The zero-order valence-corrected chi connectivity index (χ0v) is 10.5. The minimum Gasteiger partial charge on any atom is -0.378 e. The van der Waals surface area contributed by atoms with Crippen molar-refractivity contribution in [1.82, 2.24) is 4.90 Å². The van der Waals surface area contributed by atoms with Gasteiger partial charge in [0.05, 0.1) is 13.2 Å². The maximum Gasteiger partial charge on any atom is 0.137 e. The molecule has 1 aliphatic heterocycles. The van der Waals surface area contributed by atoms with E-state index >= 15 is 0 Å². The van der Waals surface area contributed by atoms with Gasteiger partial charge >= 0.3 is 0 Å². The maximum absolute atomic E-state index is 11.8. The van der Waals surface area contributed by atoms with Crippen LogP contribution in [0.15, 0.2) is 0 Å². The van der Waals surface area contributed by atoms with Gasteiger partial charge in [-0.3, -0.25) is 9.69 Å². The molecule has 2 rings (SSSR count). The number of morpholine rings is 1. The lowest BCUT2D eigenvalue weighted by molar-refractivity contribution is -0.127. The Morgan fingerprint density at radius 2 is 2.25 bits per heavy atom. The summed E-state index contributed by atoms with van der Waals surface area (Å²) >= 11 is 0. The monoisotopic (exact) mass is 225 g/mol. The van der Waals surface area contributed by atoms with Crippen molar-refractivity contribution in [2.75, 3.05) is 26.3 Å². The van der Waals surface area contributed by atoms with Crippen LogP contribution in [0, 0.1) is 5.92 Å². The summed E-state index contributed by atoms with van der Waals surface area (Å²) in [5.41, 5.74) is 0.0932. The largest absolute Gasteiger partial charge is 0.378 e. The van der Waals surface area contributed by atoms with Crippen LogP contribution in [0.5, 0.6) is 0 Å². The summed E-state index contributed by atoms with van der Waals surface area (Å²) in [4.78, 5) is 14.3. The Balaban J connectivity index is 1.94. The SMILES string of the molecule is CC1(C)COCCN1CC1CCCCC1=O. The molecule has 0 bridgehead atoms. The molecule has 0 aromatic carbocycles. The van der Waals surface area contributed by atoms with E-state index in [4.69, 9.17) is 4.74 Å². The Labute approximate surface area is 98.1 Å². The molecule has 16 heavy (non-hydrogen) atoms. The molecule has 3 nitrogen and oxygen atoms in total. The highest BCUT2D eigenvalue weighted by molar-refractivity contribution is 5.81. The van der Waals surface area contributed by atoms with E-state index in [9.17, 15) is 4.79 Å². The highest BCUT2D eigenvalue weighted by atomic mass is 16.5. The molecular weight excluding hydrogens is 202 g/mol. The van der Waals surface area contributed by atoms with E-state index in [0.717, 1.165) is 45.6 Å². The smallest absolute Gasteiger partial charge is 0.137 e. The minimum absolute atomic E-state index is 0.0932. The van der Waals surface area contributed by atoms with Gasteiger partial charge < -0.3 is 4.74 Å². The predicted molar refractivity (Wildman–Crippen MR) is 63.4 cm³/mol. The van der Waals surface area contributed by atoms with Gasteiger partial charge in [0.15, 0.2) is 0 Å². The van der Waals surface area contributed by atoms with Crippen molar-refractivity contribution >= 4 is 5.78 Å². The van der Waals surface area contributed by atoms with Crippen LogP contribution in [0.25, 0.3) is 0 Å². The van der Waals surface area contributed by atoms with E-state index in [1.165, 1.54) is 6.42 Å². The third-order valence-corrected chi connectivity index (χ3v) is 3.94. The third kappa shape index (κ3) is 2.64. The fraction of sp³-hybridized carbons (Fsp3) is 0.923. The average molecular weight is 225 g/mol. The number of nitrogens with zero attached hydrogens (tertiary/aromatic N) is 1. The van der Waals surface area contributed by atoms with Crippen LogP contribution in [0.2, 0.25) is 0 Å². The number of carbonyl (C=O) groups is 1. The molecule has 2 fully saturated rings. The van der Waals surface area contributed by atoms with Crippen LogP contribution in [-0.4, -0.2) is 42.5 Å². The van der Waals surface area contributed by atoms with E-state index in [1.807, 2.05) is 0 Å².